The normalized spacial score (nSPS) is 27.8. The third-order valence-electron chi connectivity index (χ3n) is 11.9. The highest BCUT2D eigenvalue weighted by molar-refractivity contribution is 7.91. The molecule has 8 rings (SSSR count). The molecule has 5 atom stereocenters. The van der Waals surface area contributed by atoms with Gasteiger partial charge in [-0.15, -0.1) is 0 Å². The summed E-state index contributed by atoms with van der Waals surface area (Å²) in [4.78, 5) is 27.7. The van der Waals surface area contributed by atoms with Gasteiger partial charge in [0.25, 0.3) is 8.32 Å². The summed E-state index contributed by atoms with van der Waals surface area (Å²) in [6, 6.07) is 39.4. The average Bonchev–Trinajstić information content (AvgIpc) is 3.11. The number of fused-ring (bicyclic) bond motifs is 1. The zero-order chi connectivity index (χ0) is 33.6. The van der Waals surface area contributed by atoms with Crippen molar-refractivity contribution in [2.24, 2.45) is 22.2 Å². The van der Waals surface area contributed by atoms with Gasteiger partial charge in [-0.05, 0) is 58.3 Å². The topological polar surface area (TPSA) is 86.7 Å². The maximum Gasteiger partial charge on any atom is 0.288 e. The van der Waals surface area contributed by atoms with E-state index in [1.54, 1.807) is 30.3 Å². The van der Waals surface area contributed by atoms with Crippen LogP contribution in [0.3, 0.4) is 0 Å². The predicted octanol–water partition coefficient (Wildman–Crippen LogP) is 4.88. The number of rotatable bonds is 11. The van der Waals surface area contributed by atoms with E-state index in [-0.39, 0.29) is 29.0 Å². The number of ether oxygens (including phenoxy) is 1. The molecule has 248 valence electrons. The highest BCUT2D eigenvalue weighted by atomic mass is 32.2. The van der Waals surface area contributed by atoms with Crippen molar-refractivity contribution in [3.63, 3.8) is 0 Å². The van der Waals surface area contributed by atoms with E-state index < -0.39 is 46.6 Å². The van der Waals surface area contributed by atoms with Gasteiger partial charge in [-0.1, -0.05) is 123 Å². The molecular formula is C40H42O6SSi. The van der Waals surface area contributed by atoms with Crippen molar-refractivity contribution < 1.29 is 27.2 Å². The fourth-order valence-electron chi connectivity index (χ4n) is 9.23. The Labute approximate surface area is 284 Å². The smallest absolute Gasteiger partial charge is 0.288 e. The van der Waals surface area contributed by atoms with E-state index in [4.69, 9.17) is 9.16 Å². The Balaban J connectivity index is 1.26. The van der Waals surface area contributed by atoms with E-state index in [9.17, 15) is 18.0 Å². The SMILES string of the molecule is CC1(C)[C@H]2C[C@]3(CCO[Si](c4ccccc4)(c4ccccc4)c4ccccc4)C(=O)CCC1(C=O)C3O[C@H]2CS(=O)(=O)c1ccccc1. The summed E-state index contributed by atoms with van der Waals surface area (Å²) in [5.41, 5.74) is -2.41. The van der Waals surface area contributed by atoms with Crippen molar-refractivity contribution in [2.75, 3.05) is 12.4 Å². The number of carbonyl (C=O) groups is 2. The summed E-state index contributed by atoms with van der Waals surface area (Å²) in [5, 5.41) is 3.31. The van der Waals surface area contributed by atoms with Crippen LogP contribution in [0.1, 0.15) is 39.5 Å². The van der Waals surface area contributed by atoms with Crippen molar-refractivity contribution in [3.05, 3.63) is 121 Å². The van der Waals surface area contributed by atoms with Gasteiger partial charge in [0.15, 0.2) is 9.84 Å². The first kappa shape index (κ1) is 32.8. The fourth-order valence-corrected chi connectivity index (χ4v) is 14.6. The molecule has 8 heteroatoms. The highest BCUT2D eigenvalue weighted by Gasteiger charge is 2.74. The molecule has 4 aromatic rings. The van der Waals surface area contributed by atoms with Gasteiger partial charge >= 0.3 is 0 Å². The van der Waals surface area contributed by atoms with E-state index in [1.165, 1.54) is 0 Å². The van der Waals surface area contributed by atoms with Crippen LogP contribution in [0.25, 0.3) is 0 Å². The van der Waals surface area contributed by atoms with Crippen LogP contribution >= 0.6 is 0 Å². The molecule has 2 heterocycles. The maximum absolute atomic E-state index is 14.2. The lowest BCUT2D eigenvalue weighted by molar-refractivity contribution is -0.298. The second kappa shape index (κ2) is 12.3. The van der Waals surface area contributed by atoms with Gasteiger partial charge in [-0.2, -0.15) is 0 Å². The lowest BCUT2D eigenvalue weighted by Gasteiger charge is -2.70. The second-order valence-electron chi connectivity index (χ2n) is 14.3. The number of sulfone groups is 1. The summed E-state index contributed by atoms with van der Waals surface area (Å²) < 4.78 is 41.2. The molecule has 4 bridgehead atoms. The quantitative estimate of drug-likeness (QED) is 0.128. The summed E-state index contributed by atoms with van der Waals surface area (Å²) in [5.74, 6) is -0.414. The monoisotopic (exact) mass is 678 g/mol. The second-order valence-corrected chi connectivity index (χ2v) is 19.7. The Kier molecular flexibility index (Phi) is 8.43. The Bertz CT molecular complexity index is 1790. The number of Topliss-reactive ketones (excluding diaryl/α,β-unsaturated/α-hetero) is 1. The standard InChI is InChI=1S/C40H42O6SSi/c1-38(2)34-27-39(36(42)23-24-40(38,29-41)37(39)46-35(34)28-47(43,44)30-15-7-3-8-16-30)25-26-45-48(31-17-9-4-10-18-31,32-19-11-5-12-20-32)33-21-13-6-14-22-33/h3-22,29,34-35,37H,23-28H2,1-2H3/t34-,35-,37?,39+,40?/m0/s1. The van der Waals surface area contributed by atoms with E-state index >= 15 is 0 Å². The molecule has 2 unspecified atom stereocenters. The first-order valence-electron chi connectivity index (χ1n) is 16.8. The van der Waals surface area contributed by atoms with Crippen LogP contribution in [-0.4, -0.2) is 53.4 Å². The van der Waals surface area contributed by atoms with Gasteiger partial charge < -0.3 is 14.0 Å². The van der Waals surface area contributed by atoms with Crippen LogP contribution < -0.4 is 15.6 Å². The minimum Gasteiger partial charge on any atom is -0.404 e. The van der Waals surface area contributed by atoms with Crippen LogP contribution in [0, 0.1) is 22.2 Å². The number of benzene rings is 4. The molecule has 0 amide bonds. The van der Waals surface area contributed by atoms with Crippen LogP contribution in [0.2, 0.25) is 0 Å². The Morgan fingerprint density at radius 1 is 0.812 bits per heavy atom. The van der Waals surface area contributed by atoms with Crippen molar-refractivity contribution >= 4 is 45.8 Å². The van der Waals surface area contributed by atoms with E-state index in [0.29, 0.717) is 25.7 Å². The summed E-state index contributed by atoms with van der Waals surface area (Å²) in [7, 11) is -6.70. The lowest BCUT2D eigenvalue weighted by Crippen LogP contribution is -2.75. The molecule has 2 saturated heterocycles. The summed E-state index contributed by atoms with van der Waals surface area (Å²) in [6.45, 7) is 4.42. The number of aldehydes is 1. The zero-order valence-corrected chi connectivity index (χ0v) is 29.3. The number of hydrogen-bond acceptors (Lipinski definition) is 6. The van der Waals surface area contributed by atoms with Crippen LogP contribution in [0.15, 0.2) is 126 Å². The molecule has 2 aliphatic carbocycles. The van der Waals surface area contributed by atoms with Crippen molar-refractivity contribution in [1.82, 2.24) is 0 Å². The Morgan fingerprint density at radius 2 is 1.31 bits per heavy atom. The fraction of sp³-hybridized carbons (Fsp3) is 0.350. The summed E-state index contributed by atoms with van der Waals surface area (Å²) >= 11 is 0. The van der Waals surface area contributed by atoms with Crippen molar-refractivity contribution in [3.8, 4) is 0 Å². The molecule has 0 N–H and O–H groups in total. The van der Waals surface area contributed by atoms with Crippen LogP contribution in [0.5, 0.6) is 0 Å². The maximum atomic E-state index is 14.2. The van der Waals surface area contributed by atoms with E-state index in [2.05, 4.69) is 50.2 Å². The first-order chi connectivity index (χ1) is 23.1. The molecule has 4 aromatic carbocycles. The molecule has 2 aliphatic heterocycles. The van der Waals surface area contributed by atoms with Crippen molar-refractivity contribution in [2.45, 2.75) is 56.6 Å². The predicted molar refractivity (Wildman–Crippen MR) is 189 cm³/mol. The molecule has 0 spiro atoms. The average molecular weight is 679 g/mol. The largest absolute Gasteiger partial charge is 0.404 e. The van der Waals surface area contributed by atoms with Gasteiger partial charge in [-0.3, -0.25) is 4.79 Å². The Morgan fingerprint density at radius 3 is 1.81 bits per heavy atom. The number of hydrogen-bond donors (Lipinski definition) is 0. The molecule has 48 heavy (non-hydrogen) atoms. The van der Waals surface area contributed by atoms with Crippen LogP contribution in [-0.2, 0) is 28.6 Å². The molecular weight excluding hydrogens is 637 g/mol. The molecule has 6 nitrogen and oxygen atoms in total. The molecule has 4 aliphatic rings. The van der Waals surface area contributed by atoms with Gasteiger partial charge in [-0.25, -0.2) is 8.42 Å². The van der Waals surface area contributed by atoms with E-state index in [0.717, 1.165) is 21.8 Å². The lowest BCUT2D eigenvalue weighted by atomic mass is 9.38. The minimum atomic E-state index is -3.66. The molecule has 4 fully saturated rings. The summed E-state index contributed by atoms with van der Waals surface area (Å²) in [6.07, 6.45) is 1.21. The zero-order valence-electron chi connectivity index (χ0n) is 27.5. The van der Waals surface area contributed by atoms with Crippen molar-refractivity contribution in [1.29, 1.82) is 0 Å². The third-order valence-corrected chi connectivity index (χ3v) is 17.7. The Hall–Kier alpha value is -3.69. The highest BCUT2D eigenvalue weighted by Crippen LogP contribution is 2.69. The van der Waals surface area contributed by atoms with Gasteiger partial charge in [0.05, 0.1) is 33.7 Å². The number of carbonyl (C=O) groups excluding carboxylic acids is 2. The molecule has 0 radical (unpaired) electrons. The van der Waals surface area contributed by atoms with Gasteiger partial charge in [0, 0.05) is 13.0 Å². The molecule has 2 saturated carbocycles. The van der Waals surface area contributed by atoms with Gasteiger partial charge in [0.1, 0.15) is 12.1 Å². The minimum absolute atomic E-state index is 0.0878. The first-order valence-corrected chi connectivity index (χ1v) is 20.4. The van der Waals surface area contributed by atoms with E-state index in [1.807, 2.05) is 54.6 Å². The molecule has 0 aromatic heterocycles. The van der Waals surface area contributed by atoms with Gasteiger partial charge in [0.2, 0.25) is 0 Å². The number of ketones is 1. The van der Waals surface area contributed by atoms with Crippen LogP contribution in [0.4, 0.5) is 0 Å². The third kappa shape index (κ3) is 4.99.